The molecule has 126 valence electrons. The molecule has 0 amide bonds. The highest BCUT2D eigenvalue weighted by atomic mass is 79.9. The number of hydrogen-bond acceptors (Lipinski definition) is 3. The summed E-state index contributed by atoms with van der Waals surface area (Å²) >= 11 is 3.68. The average molecular weight is 381 g/mol. The van der Waals surface area contributed by atoms with Crippen LogP contribution in [0.4, 0.5) is 0 Å². The van der Waals surface area contributed by atoms with E-state index in [1.807, 2.05) is 6.20 Å². The number of nitrogens with one attached hydrogen (secondary N) is 1. The summed E-state index contributed by atoms with van der Waals surface area (Å²) in [6, 6.07) is 2.13. The van der Waals surface area contributed by atoms with E-state index >= 15 is 0 Å². The molecule has 1 fully saturated rings. The molecule has 1 N–H and O–H groups in total. The van der Waals surface area contributed by atoms with Crippen molar-refractivity contribution < 1.29 is 9.47 Å². The number of rotatable bonds is 5. The Kier molecular flexibility index (Phi) is 5.29. The summed E-state index contributed by atoms with van der Waals surface area (Å²) < 4.78 is 12.5. The van der Waals surface area contributed by atoms with Gasteiger partial charge in [0.1, 0.15) is 5.75 Å². The van der Waals surface area contributed by atoms with E-state index in [1.54, 1.807) is 7.11 Å². The maximum atomic E-state index is 5.76. The SMILES string of the molecule is CCOC1CCN(Cc2c(OC)cc(C)c3[nH]cc(Br)c23)CC1. The van der Waals surface area contributed by atoms with Gasteiger partial charge in [0, 0.05) is 47.9 Å². The Balaban J connectivity index is 1.85. The molecular formula is C18H25BrN2O2. The summed E-state index contributed by atoms with van der Waals surface area (Å²) in [6.07, 6.45) is 4.66. The molecule has 0 bridgehead atoms. The quantitative estimate of drug-likeness (QED) is 0.842. The van der Waals surface area contributed by atoms with Gasteiger partial charge in [0.15, 0.2) is 0 Å². The van der Waals surface area contributed by atoms with E-state index < -0.39 is 0 Å². The van der Waals surface area contributed by atoms with Gasteiger partial charge >= 0.3 is 0 Å². The second kappa shape index (κ2) is 7.24. The Labute approximate surface area is 146 Å². The number of hydrogen-bond donors (Lipinski definition) is 1. The zero-order valence-corrected chi connectivity index (χ0v) is 15.7. The van der Waals surface area contributed by atoms with Crippen LogP contribution in [-0.4, -0.2) is 42.8 Å². The predicted molar refractivity (Wildman–Crippen MR) is 97.2 cm³/mol. The van der Waals surface area contributed by atoms with Crippen LogP contribution in [0.15, 0.2) is 16.7 Å². The number of aryl methyl sites for hydroxylation is 1. The summed E-state index contributed by atoms with van der Waals surface area (Å²) in [4.78, 5) is 5.87. The van der Waals surface area contributed by atoms with Gasteiger partial charge in [-0.25, -0.2) is 0 Å². The van der Waals surface area contributed by atoms with Crippen molar-refractivity contribution >= 4 is 26.8 Å². The Morgan fingerprint density at radius 2 is 2.09 bits per heavy atom. The van der Waals surface area contributed by atoms with E-state index in [-0.39, 0.29) is 0 Å². The molecule has 1 saturated heterocycles. The van der Waals surface area contributed by atoms with Crippen molar-refractivity contribution in [1.29, 1.82) is 0 Å². The summed E-state index contributed by atoms with van der Waals surface area (Å²) in [5.41, 5.74) is 3.66. The number of benzene rings is 1. The van der Waals surface area contributed by atoms with Crippen LogP contribution in [0, 0.1) is 6.92 Å². The van der Waals surface area contributed by atoms with Gasteiger partial charge in [-0.2, -0.15) is 0 Å². The summed E-state index contributed by atoms with van der Waals surface area (Å²) in [7, 11) is 1.76. The molecule has 1 aliphatic rings. The number of halogens is 1. The van der Waals surface area contributed by atoms with E-state index in [0.29, 0.717) is 6.10 Å². The van der Waals surface area contributed by atoms with Crippen LogP contribution in [0.3, 0.4) is 0 Å². The molecular weight excluding hydrogens is 356 g/mol. The minimum atomic E-state index is 0.426. The highest BCUT2D eigenvalue weighted by Crippen LogP contribution is 2.36. The Morgan fingerprint density at radius 1 is 1.35 bits per heavy atom. The number of aromatic nitrogens is 1. The number of piperidine rings is 1. The first kappa shape index (κ1) is 16.8. The van der Waals surface area contributed by atoms with Gasteiger partial charge in [-0.1, -0.05) is 0 Å². The average Bonchev–Trinajstić information content (AvgIpc) is 2.94. The normalized spacial score (nSPS) is 17.0. The molecule has 0 atom stereocenters. The maximum Gasteiger partial charge on any atom is 0.124 e. The van der Waals surface area contributed by atoms with Crippen LogP contribution in [0.1, 0.15) is 30.9 Å². The standard InChI is InChI=1S/C18H25BrN2O2/c1-4-23-13-5-7-21(8-6-13)11-14-16(22-3)9-12(2)18-17(14)15(19)10-20-18/h9-10,13,20H,4-8,11H2,1-3H3. The molecule has 4 nitrogen and oxygen atoms in total. The van der Waals surface area contributed by atoms with E-state index in [0.717, 1.165) is 49.3 Å². The van der Waals surface area contributed by atoms with Crippen LogP contribution in [0.2, 0.25) is 0 Å². The van der Waals surface area contributed by atoms with Crippen molar-refractivity contribution in [3.8, 4) is 5.75 Å². The van der Waals surface area contributed by atoms with Gasteiger partial charge in [-0.15, -0.1) is 0 Å². The van der Waals surface area contributed by atoms with Crippen LogP contribution in [0.5, 0.6) is 5.75 Å². The fourth-order valence-electron chi connectivity index (χ4n) is 3.52. The van der Waals surface area contributed by atoms with Crippen molar-refractivity contribution in [3.05, 3.63) is 27.9 Å². The fraction of sp³-hybridized carbons (Fsp3) is 0.556. The fourth-order valence-corrected chi connectivity index (χ4v) is 4.07. The highest BCUT2D eigenvalue weighted by Gasteiger charge is 2.22. The van der Waals surface area contributed by atoms with Crippen LogP contribution >= 0.6 is 15.9 Å². The van der Waals surface area contributed by atoms with Crippen LogP contribution in [-0.2, 0) is 11.3 Å². The molecule has 1 aromatic heterocycles. The number of fused-ring (bicyclic) bond motifs is 1. The van der Waals surface area contributed by atoms with E-state index in [1.165, 1.54) is 22.0 Å². The molecule has 0 saturated carbocycles. The van der Waals surface area contributed by atoms with Gasteiger partial charge in [0.2, 0.25) is 0 Å². The third-order valence-corrected chi connectivity index (χ3v) is 5.34. The second-order valence-corrected chi connectivity index (χ2v) is 7.05. The maximum absolute atomic E-state index is 5.76. The minimum Gasteiger partial charge on any atom is -0.496 e. The zero-order valence-electron chi connectivity index (χ0n) is 14.1. The topological polar surface area (TPSA) is 37.5 Å². The molecule has 0 unspecified atom stereocenters. The minimum absolute atomic E-state index is 0.426. The predicted octanol–water partition coefficient (Wildman–Crippen LogP) is 4.25. The molecule has 0 radical (unpaired) electrons. The largest absolute Gasteiger partial charge is 0.496 e. The van der Waals surface area contributed by atoms with Gasteiger partial charge in [-0.3, -0.25) is 4.90 Å². The number of H-pyrrole nitrogens is 1. The van der Waals surface area contributed by atoms with Gasteiger partial charge in [-0.05, 0) is 54.2 Å². The smallest absolute Gasteiger partial charge is 0.124 e. The Morgan fingerprint density at radius 3 is 2.74 bits per heavy atom. The van der Waals surface area contributed by atoms with Crippen molar-refractivity contribution in [2.45, 2.75) is 39.3 Å². The summed E-state index contributed by atoms with van der Waals surface area (Å²) in [6.45, 7) is 8.06. The first-order valence-electron chi connectivity index (χ1n) is 8.31. The van der Waals surface area contributed by atoms with Crippen molar-refractivity contribution in [2.24, 2.45) is 0 Å². The zero-order chi connectivity index (χ0) is 16.4. The van der Waals surface area contributed by atoms with Gasteiger partial charge in [0.25, 0.3) is 0 Å². The second-order valence-electron chi connectivity index (χ2n) is 6.19. The Bertz CT molecular complexity index is 675. The first-order valence-corrected chi connectivity index (χ1v) is 9.10. The number of ether oxygens (including phenoxy) is 2. The lowest BCUT2D eigenvalue weighted by molar-refractivity contribution is 0.0125. The molecule has 3 rings (SSSR count). The first-order chi connectivity index (χ1) is 11.1. The van der Waals surface area contributed by atoms with Crippen LogP contribution in [0.25, 0.3) is 10.9 Å². The lowest BCUT2D eigenvalue weighted by Crippen LogP contribution is -2.36. The number of nitrogens with zero attached hydrogens (tertiary/aromatic N) is 1. The number of methoxy groups -OCH3 is 1. The molecule has 2 heterocycles. The third-order valence-electron chi connectivity index (χ3n) is 4.71. The number of likely N-dealkylation sites (tertiary alicyclic amines) is 1. The van der Waals surface area contributed by atoms with Crippen molar-refractivity contribution in [1.82, 2.24) is 9.88 Å². The van der Waals surface area contributed by atoms with E-state index in [2.05, 4.69) is 45.7 Å². The molecule has 0 aliphatic carbocycles. The summed E-state index contributed by atoms with van der Waals surface area (Å²) in [5.74, 6) is 0.974. The van der Waals surface area contributed by atoms with Crippen molar-refractivity contribution in [2.75, 3.05) is 26.8 Å². The molecule has 0 spiro atoms. The molecule has 1 aliphatic heterocycles. The monoisotopic (exact) mass is 380 g/mol. The van der Waals surface area contributed by atoms with E-state index in [9.17, 15) is 0 Å². The third kappa shape index (κ3) is 3.42. The summed E-state index contributed by atoms with van der Waals surface area (Å²) in [5, 5.41) is 1.24. The van der Waals surface area contributed by atoms with Gasteiger partial charge in [0.05, 0.1) is 18.7 Å². The van der Waals surface area contributed by atoms with Crippen molar-refractivity contribution in [3.63, 3.8) is 0 Å². The van der Waals surface area contributed by atoms with Gasteiger partial charge < -0.3 is 14.5 Å². The number of aromatic amines is 1. The molecule has 23 heavy (non-hydrogen) atoms. The van der Waals surface area contributed by atoms with E-state index in [4.69, 9.17) is 9.47 Å². The molecule has 2 aromatic rings. The molecule has 1 aromatic carbocycles. The molecule has 5 heteroatoms. The van der Waals surface area contributed by atoms with Crippen LogP contribution < -0.4 is 4.74 Å². The highest BCUT2D eigenvalue weighted by molar-refractivity contribution is 9.10. The Hall–Kier alpha value is -1.04. The lowest BCUT2D eigenvalue weighted by Gasteiger charge is -2.32. The lowest BCUT2D eigenvalue weighted by atomic mass is 10.0.